The van der Waals surface area contributed by atoms with Crippen LogP contribution in [0.5, 0.6) is 0 Å². The third kappa shape index (κ3) is 7.43. The minimum absolute atomic E-state index is 0.105. The summed E-state index contributed by atoms with van der Waals surface area (Å²) in [5, 5.41) is 13.0. The fraction of sp³-hybridized carbons (Fsp3) is 0.171. The molecule has 2 heterocycles. The molecule has 250 valence electrons. The number of rotatable bonds is 6. The highest BCUT2D eigenvalue weighted by Crippen LogP contribution is 2.30. The van der Waals surface area contributed by atoms with E-state index in [4.69, 9.17) is 0 Å². The van der Waals surface area contributed by atoms with Gasteiger partial charge in [-0.15, -0.1) is 0 Å². The number of hydrogen-bond acceptors (Lipinski definition) is 5. The lowest BCUT2D eigenvalue weighted by atomic mass is 10.0. The number of amides is 4. The second-order valence-electron chi connectivity index (χ2n) is 11.4. The monoisotopic (exact) mass is 672 g/mol. The molecule has 49 heavy (non-hydrogen) atoms. The molecule has 1 aliphatic rings. The van der Waals surface area contributed by atoms with Crippen molar-refractivity contribution in [2.24, 2.45) is 0 Å². The Morgan fingerprint density at radius 1 is 0.776 bits per heavy atom. The lowest BCUT2D eigenvalue weighted by molar-refractivity contribution is -0.137. The number of hydrogen-bond donors (Lipinski definition) is 3. The number of nitrogens with zero attached hydrogens (tertiary/aromatic N) is 3. The quantitative estimate of drug-likeness (QED) is 0.193. The number of carbonyl (C=O) groups excluding carboxylic acids is 3. The molecule has 0 bridgehead atoms. The minimum atomic E-state index is -4.48. The molecule has 4 aromatic carbocycles. The van der Waals surface area contributed by atoms with E-state index in [9.17, 15) is 36.7 Å². The van der Waals surface area contributed by atoms with Gasteiger partial charge < -0.3 is 20.4 Å². The number of benzene rings is 4. The summed E-state index contributed by atoms with van der Waals surface area (Å²) in [5.41, 5.74) is 0.785. The smallest absolute Gasteiger partial charge is 0.335 e. The number of aromatic amines is 1. The largest absolute Gasteiger partial charge is 0.416 e. The zero-order valence-corrected chi connectivity index (χ0v) is 25.7. The third-order valence-electron chi connectivity index (χ3n) is 8.13. The SMILES string of the molecule is O=C(Nc1ccc(C(F)(F)F)cc1)c1ccc(NC(=O)N2CCN(C(=O)c3cc(Cc4n[nH]c(=O)c5ccccc45)ccc3F)CC2)cc1. The fourth-order valence-electron chi connectivity index (χ4n) is 5.48. The van der Waals surface area contributed by atoms with Gasteiger partial charge in [0.25, 0.3) is 17.4 Å². The summed E-state index contributed by atoms with van der Waals surface area (Å²) in [6, 6.07) is 20.9. The maximum Gasteiger partial charge on any atom is 0.416 e. The second kappa shape index (κ2) is 13.6. The molecule has 10 nitrogen and oxygen atoms in total. The topological polar surface area (TPSA) is 128 Å². The van der Waals surface area contributed by atoms with Crippen LogP contribution in [0.2, 0.25) is 0 Å². The Morgan fingerprint density at radius 3 is 2.06 bits per heavy atom. The normalized spacial score (nSPS) is 13.3. The Kier molecular flexibility index (Phi) is 9.12. The van der Waals surface area contributed by atoms with Crippen LogP contribution in [-0.4, -0.2) is 64.0 Å². The van der Waals surface area contributed by atoms with Crippen LogP contribution in [0.25, 0.3) is 10.8 Å². The summed E-state index contributed by atoms with van der Waals surface area (Å²) < 4.78 is 53.2. The Hall–Kier alpha value is -6.05. The highest BCUT2D eigenvalue weighted by Gasteiger charge is 2.30. The summed E-state index contributed by atoms with van der Waals surface area (Å²) in [6.07, 6.45) is -4.22. The van der Waals surface area contributed by atoms with E-state index in [-0.39, 0.29) is 55.0 Å². The Morgan fingerprint density at radius 2 is 1.39 bits per heavy atom. The number of alkyl halides is 3. The molecule has 0 radical (unpaired) electrons. The van der Waals surface area contributed by atoms with Gasteiger partial charge in [-0.3, -0.25) is 14.4 Å². The summed E-state index contributed by atoms with van der Waals surface area (Å²) in [5.74, 6) is -1.73. The number of aromatic nitrogens is 2. The van der Waals surface area contributed by atoms with Gasteiger partial charge >= 0.3 is 12.2 Å². The van der Waals surface area contributed by atoms with Crippen LogP contribution in [0.3, 0.4) is 0 Å². The molecule has 3 N–H and O–H groups in total. The molecule has 0 aliphatic carbocycles. The highest BCUT2D eigenvalue weighted by molar-refractivity contribution is 6.04. The number of H-pyrrole nitrogens is 1. The van der Waals surface area contributed by atoms with Crippen LogP contribution in [0.1, 0.15) is 37.5 Å². The van der Waals surface area contributed by atoms with Gasteiger partial charge in [0, 0.05) is 54.9 Å². The van der Waals surface area contributed by atoms with Gasteiger partial charge in [0.15, 0.2) is 0 Å². The summed E-state index contributed by atoms with van der Waals surface area (Å²) >= 11 is 0. The molecule has 1 aromatic heterocycles. The number of carbonyl (C=O) groups is 3. The maximum atomic E-state index is 14.9. The minimum Gasteiger partial charge on any atom is -0.335 e. The van der Waals surface area contributed by atoms with Gasteiger partial charge in [0.05, 0.1) is 22.2 Å². The van der Waals surface area contributed by atoms with Crippen LogP contribution >= 0.6 is 0 Å². The Balaban J connectivity index is 1.03. The maximum absolute atomic E-state index is 14.9. The van der Waals surface area contributed by atoms with Crippen molar-refractivity contribution in [1.29, 1.82) is 0 Å². The van der Waals surface area contributed by atoms with E-state index in [1.807, 2.05) is 0 Å². The van der Waals surface area contributed by atoms with E-state index in [0.717, 1.165) is 24.3 Å². The van der Waals surface area contributed by atoms with Crippen molar-refractivity contribution < 1.29 is 31.9 Å². The van der Waals surface area contributed by atoms with E-state index in [1.54, 1.807) is 30.3 Å². The van der Waals surface area contributed by atoms with Crippen molar-refractivity contribution >= 4 is 40.0 Å². The summed E-state index contributed by atoms with van der Waals surface area (Å²) in [6.45, 7) is 0.732. The first-order chi connectivity index (χ1) is 23.5. The molecule has 14 heteroatoms. The van der Waals surface area contributed by atoms with Crippen molar-refractivity contribution in [3.05, 3.63) is 135 Å². The van der Waals surface area contributed by atoms with Gasteiger partial charge in [-0.05, 0) is 72.3 Å². The van der Waals surface area contributed by atoms with Gasteiger partial charge in [-0.1, -0.05) is 24.3 Å². The van der Waals surface area contributed by atoms with E-state index >= 15 is 0 Å². The average Bonchev–Trinajstić information content (AvgIpc) is 3.10. The summed E-state index contributed by atoms with van der Waals surface area (Å²) in [7, 11) is 0. The van der Waals surface area contributed by atoms with Crippen molar-refractivity contribution in [3.63, 3.8) is 0 Å². The lowest BCUT2D eigenvalue weighted by Gasteiger charge is -2.34. The van der Waals surface area contributed by atoms with E-state index in [1.165, 1.54) is 46.2 Å². The van der Waals surface area contributed by atoms with Crippen molar-refractivity contribution in [1.82, 2.24) is 20.0 Å². The molecule has 1 saturated heterocycles. The fourth-order valence-corrected chi connectivity index (χ4v) is 5.48. The molecule has 5 aromatic rings. The molecular formula is C35H28F4N6O4. The molecular weight excluding hydrogens is 644 g/mol. The lowest BCUT2D eigenvalue weighted by Crippen LogP contribution is -2.51. The predicted molar refractivity (Wildman–Crippen MR) is 174 cm³/mol. The predicted octanol–water partition coefficient (Wildman–Crippen LogP) is 5.91. The van der Waals surface area contributed by atoms with E-state index in [0.29, 0.717) is 27.7 Å². The standard InChI is InChI=1S/C35H28F4N6O4/c36-29-14-5-21(20-30-26-3-1-2-4-27(26)32(47)43-42-30)19-28(29)33(48)44-15-17-45(18-16-44)34(49)41-25-10-6-22(7-11-25)31(46)40-24-12-8-23(9-13-24)35(37,38)39/h1-14,19H,15-18,20H2,(H,40,46)(H,41,49)(H,43,47). The molecule has 1 aliphatic heterocycles. The Labute approximate surface area is 276 Å². The van der Waals surface area contributed by atoms with Gasteiger partial charge in [-0.2, -0.15) is 18.3 Å². The highest BCUT2D eigenvalue weighted by atomic mass is 19.4. The third-order valence-corrected chi connectivity index (χ3v) is 8.13. The Bertz CT molecular complexity index is 2090. The molecule has 0 unspecified atom stereocenters. The van der Waals surface area contributed by atoms with Crippen molar-refractivity contribution in [2.75, 3.05) is 36.8 Å². The second-order valence-corrected chi connectivity index (χ2v) is 11.4. The zero-order valence-electron chi connectivity index (χ0n) is 25.7. The van der Waals surface area contributed by atoms with Crippen molar-refractivity contribution in [2.45, 2.75) is 12.6 Å². The number of nitrogens with one attached hydrogen (secondary N) is 3. The van der Waals surface area contributed by atoms with E-state index < -0.39 is 35.4 Å². The van der Waals surface area contributed by atoms with Gasteiger partial charge in [0.1, 0.15) is 5.82 Å². The number of anilines is 2. The molecule has 0 saturated carbocycles. The molecule has 4 amide bonds. The number of halogens is 4. The van der Waals surface area contributed by atoms with Crippen molar-refractivity contribution in [3.8, 4) is 0 Å². The molecule has 1 fully saturated rings. The number of piperazine rings is 1. The van der Waals surface area contributed by atoms with Crippen LogP contribution in [-0.2, 0) is 12.6 Å². The van der Waals surface area contributed by atoms with Crippen LogP contribution < -0.4 is 16.2 Å². The molecule has 0 spiro atoms. The van der Waals surface area contributed by atoms with Gasteiger partial charge in [0.2, 0.25) is 0 Å². The molecule has 6 rings (SSSR count). The summed E-state index contributed by atoms with van der Waals surface area (Å²) in [4.78, 5) is 53.9. The molecule has 0 atom stereocenters. The number of fused-ring (bicyclic) bond motifs is 1. The average molecular weight is 673 g/mol. The van der Waals surface area contributed by atoms with Crippen LogP contribution in [0, 0.1) is 5.82 Å². The van der Waals surface area contributed by atoms with E-state index in [2.05, 4.69) is 20.8 Å². The first kappa shape index (κ1) is 32.9. The van der Waals surface area contributed by atoms with Crippen LogP contribution in [0.4, 0.5) is 33.7 Å². The first-order valence-electron chi connectivity index (χ1n) is 15.1. The van der Waals surface area contributed by atoms with Crippen LogP contribution in [0.15, 0.2) is 95.8 Å². The van der Waals surface area contributed by atoms with Gasteiger partial charge in [-0.25, -0.2) is 14.3 Å². The first-order valence-corrected chi connectivity index (χ1v) is 15.1. The zero-order chi connectivity index (χ0) is 34.7. The number of urea groups is 1.